The molecule has 1 atom stereocenters. The van der Waals surface area contributed by atoms with Crippen LogP contribution in [0.1, 0.15) is 32.6 Å². The van der Waals surface area contributed by atoms with E-state index in [9.17, 15) is 4.79 Å². The van der Waals surface area contributed by atoms with E-state index in [1.807, 2.05) is 0 Å². The van der Waals surface area contributed by atoms with Crippen LogP contribution in [-0.4, -0.2) is 41.8 Å². The van der Waals surface area contributed by atoms with E-state index >= 15 is 0 Å². The molecule has 0 aromatic carbocycles. The van der Waals surface area contributed by atoms with Gasteiger partial charge in [-0.2, -0.15) is 0 Å². The van der Waals surface area contributed by atoms with Crippen molar-refractivity contribution in [2.24, 2.45) is 0 Å². The van der Waals surface area contributed by atoms with Crippen LogP contribution in [-0.2, 0) is 4.79 Å². The van der Waals surface area contributed by atoms with Gasteiger partial charge in [0, 0.05) is 32.6 Å². The molecule has 0 bridgehead atoms. The number of Topliss-reactive ketones (excluding diaryl/α,β-unsaturated/α-hetero) is 1. The number of piperazine rings is 1. The molecule has 4 heteroatoms. The minimum absolute atomic E-state index is 0.0588. The number of hydrogen-bond acceptors (Lipinski definition) is 3. The van der Waals surface area contributed by atoms with Crippen LogP contribution in [0.15, 0.2) is 0 Å². The average molecular weight is 277 g/mol. The Balaban J connectivity index is 2.24. The standard InChI is InChI=1S/C11H21BrN2O/c1-2-3-4-5-10(15)11(12)14-8-6-13-7-9-14/h11,13H,2-9H2,1H3. The van der Waals surface area contributed by atoms with Gasteiger partial charge in [-0.15, -0.1) is 0 Å². The molecule has 1 rings (SSSR count). The molecule has 1 heterocycles. The van der Waals surface area contributed by atoms with E-state index < -0.39 is 0 Å². The molecule has 0 amide bonds. The normalized spacial score (nSPS) is 20.1. The summed E-state index contributed by atoms with van der Waals surface area (Å²) in [7, 11) is 0. The zero-order valence-electron chi connectivity index (χ0n) is 9.47. The van der Waals surface area contributed by atoms with Crippen molar-refractivity contribution in [1.29, 1.82) is 0 Å². The SMILES string of the molecule is CCCCCC(=O)C(Br)N1CCNCC1. The molecular weight excluding hydrogens is 256 g/mol. The highest BCUT2D eigenvalue weighted by Crippen LogP contribution is 2.13. The number of carbonyl (C=O) groups excluding carboxylic acids is 1. The third-order valence-electron chi connectivity index (χ3n) is 2.76. The number of ketones is 1. The van der Waals surface area contributed by atoms with E-state index in [0.717, 1.165) is 39.0 Å². The lowest BCUT2D eigenvalue weighted by Crippen LogP contribution is -2.48. The summed E-state index contributed by atoms with van der Waals surface area (Å²) in [5, 5.41) is 3.29. The molecule has 15 heavy (non-hydrogen) atoms. The van der Waals surface area contributed by atoms with Crippen LogP contribution in [0.2, 0.25) is 0 Å². The fourth-order valence-corrected chi connectivity index (χ4v) is 2.42. The van der Waals surface area contributed by atoms with E-state index in [0.29, 0.717) is 12.2 Å². The number of nitrogens with zero attached hydrogens (tertiary/aromatic N) is 1. The minimum atomic E-state index is -0.0588. The molecule has 1 aliphatic rings. The lowest BCUT2D eigenvalue weighted by atomic mass is 10.1. The summed E-state index contributed by atoms with van der Waals surface area (Å²) in [6.45, 7) is 6.08. The van der Waals surface area contributed by atoms with Crippen LogP contribution >= 0.6 is 15.9 Å². The minimum Gasteiger partial charge on any atom is -0.314 e. The van der Waals surface area contributed by atoms with Gasteiger partial charge in [0.2, 0.25) is 0 Å². The largest absolute Gasteiger partial charge is 0.314 e. The number of halogens is 1. The van der Waals surface area contributed by atoms with Crippen molar-refractivity contribution in [1.82, 2.24) is 10.2 Å². The molecule has 0 aromatic rings. The maximum atomic E-state index is 11.8. The molecule has 1 fully saturated rings. The summed E-state index contributed by atoms with van der Waals surface area (Å²) >= 11 is 3.51. The van der Waals surface area contributed by atoms with Crippen molar-refractivity contribution >= 4 is 21.7 Å². The molecule has 1 saturated heterocycles. The monoisotopic (exact) mass is 276 g/mol. The Labute approximate surface area is 101 Å². The lowest BCUT2D eigenvalue weighted by molar-refractivity contribution is -0.121. The molecule has 0 aliphatic carbocycles. The van der Waals surface area contributed by atoms with Crippen molar-refractivity contribution in [2.75, 3.05) is 26.2 Å². The first-order valence-electron chi connectivity index (χ1n) is 5.87. The third-order valence-corrected chi connectivity index (χ3v) is 3.85. The first-order valence-corrected chi connectivity index (χ1v) is 6.79. The summed E-state index contributed by atoms with van der Waals surface area (Å²) in [5.74, 6) is 0.338. The molecule has 0 saturated carbocycles. The predicted octanol–water partition coefficient (Wildman–Crippen LogP) is 1.76. The number of hydrogen-bond donors (Lipinski definition) is 1. The van der Waals surface area contributed by atoms with Crippen molar-refractivity contribution < 1.29 is 4.79 Å². The van der Waals surface area contributed by atoms with Crippen LogP contribution in [0.4, 0.5) is 0 Å². The fraction of sp³-hybridized carbons (Fsp3) is 0.909. The number of nitrogens with one attached hydrogen (secondary N) is 1. The van der Waals surface area contributed by atoms with Crippen LogP contribution in [0.5, 0.6) is 0 Å². The zero-order chi connectivity index (χ0) is 11.1. The summed E-state index contributed by atoms with van der Waals surface area (Å²) in [6.07, 6.45) is 4.08. The Morgan fingerprint density at radius 3 is 2.67 bits per heavy atom. The molecule has 1 aliphatic heterocycles. The quantitative estimate of drug-likeness (QED) is 0.456. The Bertz CT molecular complexity index is 193. The topological polar surface area (TPSA) is 32.3 Å². The molecule has 1 unspecified atom stereocenters. The van der Waals surface area contributed by atoms with Gasteiger partial charge in [0.1, 0.15) is 4.95 Å². The van der Waals surface area contributed by atoms with Crippen LogP contribution in [0.25, 0.3) is 0 Å². The summed E-state index contributed by atoms with van der Waals surface area (Å²) in [5.41, 5.74) is 0. The van der Waals surface area contributed by atoms with Gasteiger partial charge in [0.15, 0.2) is 5.78 Å². The Morgan fingerprint density at radius 2 is 2.07 bits per heavy atom. The third kappa shape index (κ3) is 4.62. The number of rotatable bonds is 6. The molecule has 1 N–H and O–H groups in total. The first-order chi connectivity index (χ1) is 7.25. The highest BCUT2D eigenvalue weighted by molar-refractivity contribution is 9.09. The second kappa shape index (κ2) is 7.36. The highest BCUT2D eigenvalue weighted by atomic mass is 79.9. The average Bonchev–Trinajstić information content (AvgIpc) is 2.29. The number of carbonyl (C=O) groups is 1. The molecule has 0 aromatic heterocycles. The second-order valence-corrected chi connectivity index (χ2v) is 4.91. The predicted molar refractivity (Wildman–Crippen MR) is 66.3 cm³/mol. The molecule has 88 valence electrons. The van der Waals surface area contributed by atoms with Crippen LogP contribution < -0.4 is 5.32 Å². The molecular formula is C11H21BrN2O. The van der Waals surface area contributed by atoms with Gasteiger partial charge in [0.25, 0.3) is 0 Å². The number of unbranched alkanes of at least 4 members (excludes halogenated alkanes) is 2. The summed E-state index contributed by atoms with van der Waals surface area (Å²) in [4.78, 5) is 14.0. The second-order valence-electron chi connectivity index (χ2n) is 4.05. The molecule has 0 radical (unpaired) electrons. The van der Waals surface area contributed by atoms with Gasteiger partial charge in [0.05, 0.1) is 0 Å². The maximum Gasteiger partial charge on any atom is 0.160 e. The van der Waals surface area contributed by atoms with Gasteiger partial charge in [-0.05, 0) is 6.42 Å². The van der Waals surface area contributed by atoms with Gasteiger partial charge in [-0.1, -0.05) is 35.7 Å². The Hall–Kier alpha value is 0.0700. The van der Waals surface area contributed by atoms with Gasteiger partial charge >= 0.3 is 0 Å². The van der Waals surface area contributed by atoms with E-state index in [1.165, 1.54) is 6.42 Å². The highest BCUT2D eigenvalue weighted by Gasteiger charge is 2.23. The molecule has 3 nitrogen and oxygen atoms in total. The molecule has 0 spiro atoms. The van der Waals surface area contributed by atoms with Crippen molar-refractivity contribution in [3.63, 3.8) is 0 Å². The lowest BCUT2D eigenvalue weighted by Gasteiger charge is -2.30. The maximum absolute atomic E-state index is 11.8. The van der Waals surface area contributed by atoms with Crippen molar-refractivity contribution in [3.05, 3.63) is 0 Å². The van der Waals surface area contributed by atoms with Crippen molar-refractivity contribution in [3.8, 4) is 0 Å². The smallest absolute Gasteiger partial charge is 0.160 e. The van der Waals surface area contributed by atoms with Gasteiger partial charge < -0.3 is 5.32 Å². The summed E-state index contributed by atoms with van der Waals surface area (Å²) < 4.78 is 0. The Kier molecular flexibility index (Phi) is 6.45. The fourth-order valence-electron chi connectivity index (χ4n) is 1.78. The van der Waals surface area contributed by atoms with E-state index in [4.69, 9.17) is 0 Å². The van der Waals surface area contributed by atoms with Crippen molar-refractivity contribution in [2.45, 2.75) is 37.6 Å². The van der Waals surface area contributed by atoms with E-state index in [1.54, 1.807) is 0 Å². The Morgan fingerprint density at radius 1 is 1.40 bits per heavy atom. The summed E-state index contributed by atoms with van der Waals surface area (Å²) in [6, 6.07) is 0. The van der Waals surface area contributed by atoms with E-state index in [2.05, 4.69) is 33.1 Å². The zero-order valence-corrected chi connectivity index (χ0v) is 11.1. The van der Waals surface area contributed by atoms with Crippen LogP contribution in [0, 0.1) is 0 Å². The van der Waals surface area contributed by atoms with E-state index in [-0.39, 0.29) is 4.95 Å². The van der Waals surface area contributed by atoms with Gasteiger partial charge in [-0.3, -0.25) is 9.69 Å². The first kappa shape index (κ1) is 13.1. The number of alkyl halides is 1. The van der Waals surface area contributed by atoms with Gasteiger partial charge in [-0.25, -0.2) is 0 Å². The van der Waals surface area contributed by atoms with Crippen LogP contribution in [0.3, 0.4) is 0 Å².